The van der Waals surface area contributed by atoms with Crippen molar-refractivity contribution in [3.8, 4) is 0 Å². The summed E-state index contributed by atoms with van der Waals surface area (Å²) in [5.74, 6) is 2.83. The molecule has 3 N–H and O–H groups in total. The van der Waals surface area contributed by atoms with Crippen LogP contribution < -0.4 is 5.32 Å². The minimum absolute atomic E-state index is 0.0793. The third-order valence-corrected chi connectivity index (χ3v) is 24.4. The van der Waals surface area contributed by atoms with Crippen molar-refractivity contribution in [2.45, 2.75) is 204 Å². The molecule has 23 heteroatoms. The summed E-state index contributed by atoms with van der Waals surface area (Å²) in [6.45, 7) is 28.4. The number of amides is 2. The van der Waals surface area contributed by atoms with Gasteiger partial charge in [-0.15, -0.1) is 0 Å². The molecule has 5 aliphatic carbocycles. The summed E-state index contributed by atoms with van der Waals surface area (Å²) in [4.78, 5) is 56.3. The van der Waals surface area contributed by atoms with Crippen molar-refractivity contribution >= 4 is 35.0 Å². The lowest BCUT2D eigenvalue weighted by Crippen LogP contribution is -2.58. The maximum atomic E-state index is 13.5. The molecular weight excluding hydrogens is 1250 g/mol. The highest BCUT2D eigenvalue weighted by Gasteiger charge is 2.38. The quantitative estimate of drug-likeness (QED) is 0.0709. The van der Waals surface area contributed by atoms with Gasteiger partial charge in [0.05, 0.1) is 0 Å². The second-order valence-corrected chi connectivity index (χ2v) is 31.0. The Hall–Kier alpha value is -3.08. The maximum Gasteiger partial charge on any atom is 0.245 e. The smallest absolute Gasteiger partial charge is 0.245 e. The summed E-state index contributed by atoms with van der Waals surface area (Å²) in [5, 5.41) is 30.4. The molecule has 0 spiro atoms. The summed E-state index contributed by atoms with van der Waals surface area (Å²) in [6.07, 6.45) is 28.8. The molecule has 10 fully saturated rings. The summed E-state index contributed by atoms with van der Waals surface area (Å²) in [7, 11) is 8.83. The number of hydrogen-bond donors (Lipinski definition) is 3. The number of carbonyl (C=O) groups excluding carboxylic acids is 2. The Morgan fingerprint density at radius 3 is 1.15 bits per heavy atom. The van der Waals surface area contributed by atoms with Crippen molar-refractivity contribution in [3.63, 3.8) is 0 Å². The number of benzene rings is 1. The Morgan fingerprint density at radius 1 is 0.490 bits per heavy atom. The predicted octanol–water partition coefficient (Wildman–Crippen LogP) is 10.7. The molecule has 5 aliphatic heterocycles. The Kier molecular flexibility index (Phi) is 37.1. The van der Waals surface area contributed by atoms with E-state index in [2.05, 4.69) is 105 Å². The van der Waals surface area contributed by atoms with Gasteiger partial charge in [-0.05, 0) is 157 Å². The first-order valence-electron chi connectivity index (χ1n) is 38.4. The minimum Gasteiger partial charge on any atom is -0.396 e. The second kappa shape index (κ2) is 44.3. The lowest BCUT2D eigenvalue weighted by molar-refractivity contribution is -0.138. The third-order valence-electron chi connectivity index (χ3n) is 23.8. The second-order valence-electron chi connectivity index (χ2n) is 30.2. The van der Waals surface area contributed by atoms with Crippen LogP contribution in [0.4, 0.5) is 0 Å². The van der Waals surface area contributed by atoms with E-state index in [4.69, 9.17) is 34.3 Å². The first kappa shape index (κ1) is 80.2. The van der Waals surface area contributed by atoms with Gasteiger partial charge in [0, 0.05) is 220 Å². The molecule has 11 rings (SSSR count). The topological polar surface area (TPSA) is 217 Å². The van der Waals surface area contributed by atoms with Gasteiger partial charge in [0.25, 0.3) is 0 Å². The molecule has 21 nitrogen and oxygen atoms in total. The third kappa shape index (κ3) is 26.1. The average molecular weight is 1380 g/mol. The monoisotopic (exact) mass is 1380 g/mol. The van der Waals surface area contributed by atoms with Crippen molar-refractivity contribution in [2.75, 3.05) is 185 Å². The van der Waals surface area contributed by atoms with Crippen molar-refractivity contribution in [1.82, 2.24) is 54.3 Å². The van der Waals surface area contributed by atoms with E-state index in [1.807, 2.05) is 17.9 Å². The van der Waals surface area contributed by atoms with Crippen LogP contribution >= 0.6 is 23.2 Å². The van der Waals surface area contributed by atoms with Crippen LogP contribution in [0.1, 0.15) is 167 Å². The highest BCUT2D eigenvalue weighted by molar-refractivity contribution is 6.35. The molecule has 5 saturated carbocycles. The number of azide groups is 2. The van der Waals surface area contributed by atoms with Crippen molar-refractivity contribution in [1.29, 1.82) is 0 Å². The molecule has 546 valence electrons. The fourth-order valence-electron chi connectivity index (χ4n) is 17.7. The maximum absolute atomic E-state index is 13.5. The Bertz CT molecular complexity index is 2340. The summed E-state index contributed by atoms with van der Waals surface area (Å²) in [6, 6.07) is 7.83. The van der Waals surface area contributed by atoms with Gasteiger partial charge in [0.15, 0.2) is 0 Å². The van der Waals surface area contributed by atoms with Crippen LogP contribution in [0.3, 0.4) is 0 Å². The van der Waals surface area contributed by atoms with E-state index >= 15 is 0 Å². The Balaban J connectivity index is 0.000000179. The summed E-state index contributed by atoms with van der Waals surface area (Å²) >= 11 is 12.4. The number of nitrogens with zero attached hydrogens (tertiary/aromatic N) is 16. The fraction of sp³-hybridized carbons (Fsp3) is 0.890. The van der Waals surface area contributed by atoms with Gasteiger partial charge >= 0.3 is 0 Å². The molecule has 1 unspecified atom stereocenters. The van der Waals surface area contributed by atoms with E-state index < -0.39 is 6.04 Å². The summed E-state index contributed by atoms with van der Waals surface area (Å²) < 4.78 is 0. The first-order valence-corrected chi connectivity index (χ1v) is 39.1. The largest absolute Gasteiger partial charge is 0.396 e. The van der Waals surface area contributed by atoms with Gasteiger partial charge in [0.1, 0.15) is 6.04 Å². The van der Waals surface area contributed by atoms with E-state index in [1.54, 1.807) is 12.1 Å². The molecule has 10 aliphatic rings. The number of nitrogens with one attached hydrogen (secondary N) is 1. The lowest BCUT2D eigenvalue weighted by atomic mass is 9.81. The van der Waals surface area contributed by atoms with Gasteiger partial charge in [-0.25, -0.2) is 0 Å². The first-order chi connectivity index (χ1) is 46.7. The molecule has 0 radical (unpaired) electrons. The van der Waals surface area contributed by atoms with Gasteiger partial charge in [-0.1, -0.05) is 124 Å². The highest BCUT2D eigenvalue weighted by Crippen LogP contribution is 2.35. The zero-order chi connectivity index (χ0) is 68.6. The summed E-state index contributed by atoms with van der Waals surface area (Å²) in [5.41, 5.74) is 18.0. The zero-order valence-corrected chi connectivity index (χ0v) is 62.2. The van der Waals surface area contributed by atoms with Gasteiger partial charge in [-0.3, -0.25) is 34.1 Å². The zero-order valence-electron chi connectivity index (χ0n) is 60.6. The van der Waals surface area contributed by atoms with E-state index in [9.17, 15) is 19.8 Å². The SMILES string of the molecule is CCCC(=O)NC(Cc1ccc(Cl)cc1Cl)C(=O)N1CCN([C@H]2CCCC[C@H]2CN=[N+]=[N-])CC1.CC[C@@H]1CCCC[C@@H]1N1CCN(C)CC1.CN1CCN([C@H]2CCCC[C@H]2CN=[N+]=[N-])CC1.CN1CCN([C@H]2CCCC[C@H]2CO)CC1.CN1CCN([C@H]2CCCC[C@H]2CO)CC1. The minimum atomic E-state index is -0.670. The molecular formula is C73H131Cl2N17O4. The Morgan fingerprint density at radius 2 is 0.812 bits per heavy atom. The van der Waals surface area contributed by atoms with Crippen LogP contribution in [0, 0.1) is 29.6 Å². The molecule has 0 bridgehead atoms. The number of aliphatic hydroxyl groups excluding tert-OH is 2. The van der Waals surface area contributed by atoms with Crippen LogP contribution in [0.5, 0.6) is 0 Å². The lowest BCUT2D eigenvalue weighted by Gasteiger charge is -2.44. The van der Waals surface area contributed by atoms with E-state index in [0.717, 1.165) is 43.5 Å². The molecule has 5 heterocycles. The van der Waals surface area contributed by atoms with Crippen LogP contribution in [0.15, 0.2) is 28.4 Å². The number of likely N-dealkylation sites (N-methyl/N-ethyl adjacent to an activating group) is 4. The number of piperazine rings is 5. The number of halogens is 2. The average Bonchev–Trinajstić information content (AvgIpc) is 1.08. The van der Waals surface area contributed by atoms with Crippen molar-refractivity contribution < 1.29 is 19.8 Å². The van der Waals surface area contributed by atoms with Gasteiger partial charge in [0.2, 0.25) is 11.8 Å². The van der Waals surface area contributed by atoms with Gasteiger partial charge < -0.3 is 40.0 Å². The number of aliphatic hydroxyl groups is 2. The normalized spacial score (nSPS) is 30.2. The van der Waals surface area contributed by atoms with Crippen molar-refractivity contribution in [3.05, 3.63) is 54.7 Å². The molecule has 0 aromatic heterocycles. The standard InChI is InChI=1S/C24H34Cl2N6O2.C13H26N2.C12H23N5.2C12H24N2O/c1-2-5-23(33)29-21(14-17-8-9-19(25)15-20(17)26)24(34)32-12-10-31(11-13-32)22-7-4-3-6-18(22)16-28-30-27;1-3-12-6-4-5-7-13(12)15-10-8-14(2)9-11-15;1-16-6-8-17(9-7-16)12-5-3-2-4-11(12)10-14-15-13;2*1-13-6-8-14(9-7-13)12-5-3-2-4-11(12)10-15/h8-9,15,18,21-22H,2-7,10-14,16H2,1H3,(H,29,33);12-13H,3-11H2,1-2H3;11-12H,2-10H2,1H3;2*11-12,15H,2-10H2,1H3/t18-,21?,22-;12-,13+;3*11-,12-/m01000/s1. The highest BCUT2D eigenvalue weighted by atomic mass is 35.5. The van der Waals surface area contributed by atoms with Crippen LogP contribution in [-0.4, -0.2) is 293 Å². The fourth-order valence-corrected chi connectivity index (χ4v) is 18.1. The van der Waals surface area contributed by atoms with Crippen LogP contribution in [0.2, 0.25) is 10.0 Å². The van der Waals surface area contributed by atoms with Crippen LogP contribution in [0.25, 0.3) is 20.9 Å². The predicted molar refractivity (Wildman–Crippen MR) is 393 cm³/mol. The number of hydrogen-bond acceptors (Lipinski definition) is 15. The molecule has 96 heavy (non-hydrogen) atoms. The Labute approximate surface area is 590 Å². The van der Waals surface area contributed by atoms with E-state index in [-0.39, 0.29) is 11.8 Å². The van der Waals surface area contributed by atoms with E-state index in [1.165, 1.54) is 227 Å². The van der Waals surface area contributed by atoms with Crippen molar-refractivity contribution in [2.24, 2.45) is 39.8 Å². The molecule has 11 atom stereocenters. The van der Waals surface area contributed by atoms with Crippen LogP contribution in [-0.2, 0) is 16.0 Å². The number of carbonyl (C=O) groups is 2. The van der Waals surface area contributed by atoms with Gasteiger partial charge in [-0.2, -0.15) is 0 Å². The van der Waals surface area contributed by atoms with E-state index in [0.29, 0.717) is 117 Å². The molecule has 2 amide bonds. The molecule has 1 aromatic carbocycles. The number of rotatable bonds is 18. The molecule has 5 saturated heterocycles. The molecule has 1 aromatic rings.